The molecule has 0 radical (unpaired) electrons. The van der Waals surface area contributed by atoms with Crippen molar-refractivity contribution in [3.8, 4) is 0 Å². The third-order valence-corrected chi connectivity index (χ3v) is 5.80. The summed E-state index contributed by atoms with van der Waals surface area (Å²) < 4.78 is 34.3. The van der Waals surface area contributed by atoms with Gasteiger partial charge in [0, 0.05) is 13.1 Å². The van der Waals surface area contributed by atoms with Crippen molar-refractivity contribution in [2.75, 3.05) is 10.8 Å². The molecule has 0 saturated heterocycles. The Hall–Kier alpha value is -1.93. The summed E-state index contributed by atoms with van der Waals surface area (Å²) in [7, 11) is -3.65. The fourth-order valence-electron chi connectivity index (χ4n) is 2.94. The van der Waals surface area contributed by atoms with E-state index in [1.807, 2.05) is 13.0 Å². The first-order chi connectivity index (χ1) is 10.6. The number of anilines is 1. The Morgan fingerprint density at radius 1 is 1.23 bits per heavy atom. The topological polar surface area (TPSA) is 77.3 Å². The molecule has 0 amide bonds. The highest BCUT2D eigenvalue weighted by Crippen LogP contribution is 2.29. The van der Waals surface area contributed by atoms with Gasteiger partial charge in [-0.2, -0.15) is 10.1 Å². The lowest BCUT2D eigenvalue weighted by Gasteiger charge is -2.31. The van der Waals surface area contributed by atoms with Crippen molar-refractivity contribution >= 4 is 16.0 Å². The fourth-order valence-corrected chi connectivity index (χ4v) is 4.53. The number of rotatable bonds is 2. The molecule has 1 aromatic carbocycles. The minimum atomic E-state index is -3.65. The number of nitrogens with zero attached hydrogens (tertiary/aromatic N) is 4. The average Bonchev–Trinajstić information content (AvgIpc) is 3.13. The molecule has 2 aliphatic heterocycles. The molecular weight excluding hydrogens is 304 g/mol. The number of benzene rings is 1. The molecular formula is C14H16N4O3S. The van der Waals surface area contributed by atoms with E-state index in [1.165, 1.54) is 10.6 Å². The standard InChI is InChI=1S/C14H16N4O3S/c1-10-5-17-14(15-9-16-17)18(6-10)22(19,20)13-3-2-11-7-21-8-12(11)4-13/h2-4,9-10H,5-8H2,1H3. The molecule has 1 unspecified atom stereocenters. The van der Waals surface area contributed by atoms with Crippen LogP contribution < -0.4 is 4.31 Å². The Morgan fingerprint density at radius 3 is 2.91 bits per heavy atom. The van der Waals surface area contributed by atoms with Gasteiger partial charge < -0.3 is 4.74 Å². The Morgan fingerprint density at radius 2 is 2.05 bits per heavy atom. The smallest absolute Gasteiger partial charge is 0.266 e. The largest absolute Gasteiger partial charge is 0.372 e. The van der Waals surface area contributed by atoms with Gasteiger partial charge in [-0.15, -0.1) is 0 Å². The van der Waals surface area contributed by atoms with Gasteiger partial charge in [-0.3, -0.25) is 0 Å². The first kappa shape index (κ1) is 13.7. The molecule has 8 heteroatoms. The molecule has 3 heterocycles. The second-order valence-electron chi connectivity index (χ2n) is 5.81. The highest BCUT2D eigenvalue weighted by Gasteiger charge is 2.34. The van der Waals surface area contributed by atoms with Crippen molar-refractivity contribution in [3.63, 3.8) is 0 Å². The third-order valence-electron chi connectivity index (χ3n) is 4.06. The van der Waals surface area contributed by atoms with E-state index in [9.17, 15) is 8.42 Å². The fraction of sp³-hybridized carbons (Fsp3) is 0.429. The van der Waals surface area contributed by atoms with Gasteiger partial charge in [0.1, 0.15) is 6.33 Å². The van der Waals surface area contributed by atoms with E-state index in [1.54, 1.807) is 16.8 Å². The van der Waals surface area contributed by atoms with Crippen molar-refractivity contribution in [2.45, 2.75) is 31.6 Å². The summed E-state index contributed by atoms with van der Waals surface area (Å²) in [6.45, 7) is 4.10. The van der Waals surface area contributed by atoms with Crippen molar-refractivity contribution in [1.82, 2.24) is 14.8 Å². The Bertz CT molecular complexity index is 830. The van der Waals surface area contributed by atoms with Crippen LogP contribution in [0.15, 0.2) is 29.4 Å². The minimum absolute atomic E-state index is 0.182. The monoisotopic (exact) mass is 320 g/mol. The summed E-state index contributed by atoms with van der Waals surface area (Å²) in [4.78, 5) is 4.39. The van der Waals surface area contributed by atoms with Gasteiger partial charge in [-0.25, -0.2) is 17.4 Å². The maximum absolute atomic E-state index is 13.0. The van der Waals surface area contributed by atoms with Crippen LogP contribution in [0.3, 0.4) is 0 Å². The van der Waals surface area contributed by atoms with Crippen molar-refractivity contribution in [3.05, 3.63) is 35.7 Å². The van der Waals surface area contributed by atoms with Gasteiger partial charge in [-0.1, -0.05) is 13.0 Å². The first-order valence-electron chi connectivity index (χ1n) is 7.16. The van der Waals surface area contributed by atoms with E-state index in [0.717, 1.165) is 11.1 Å². The highest BCUT2D eigenvalue weighted by molar-refractivity contribution is 7.92. The number of aromatic nitrogens is 3. The zero-order valence-corrected chi connectivity index (χ0v) is 13.0. The van der Waals surface area contributed by atoms with E-state index in [-0.39, 0.29) is 10.8 Å². The van der Waals surface area contributed by atoms with E-state index in [2.05, 4.69) is 10.1 Å². The molecule has 22 heavy (non-hydrogen) atoms. The Kier molecular flexibility index (Phi) is 2.98. The van der Waals surface area contributed by atoms with Crippen molar-refractivity contribution in [2.24, 2.45) is 5.92 Å². The van der Waals surface area contributed by atoms with Crippen LogP contribution in [0.5, 0.6) is 0 Å². The molecule has 0 N–H and O–H groups in total. The Balaban J connectivity index is 1.79. The SMILES string of the molecule is CC1CN(S(=O)(=O)c2ccc3c(c2)COC3)c2ncnn2C1. The van der Waals surface area contributed by atoms with Gasteiger partial charge in [-0.05, 0) is 29.2 Å². The summed E-state index contributed by atoms with van der Waals surface area (Å²) >= 11 is 0. The molecule has 2 aromatic rings. The van der Waals surface area contributed by atoms with Crippen LogP contribution in [0.1, 0.15) is 18.1 Å². The van der Waals surface area contributed by atoms with E-state index < -0.39 is 10.0 Å². The maximum Gasteiger partial charge on any atom is 0.266 e. The van der Waals surface area contributed by atoms with E-state index >= 15 is 0 Å². The van der Waals surface area contributed by atoms with Crippen molar-refractivity contribution in [1.29, 1.82) is 0 Å². The quantitative estimate of drug-likeness (QED) is 0.829. The Labute approximate surface area is 128 Å². The summed E-state index contributed by atoms with van der Waals surface area (Å²) in [6, 6.07) is 5.17. The molecule has 0 spiro atoms. The average molecular weight is 320 g/mol. The zero-order chi connectivity index (χ0) is 15.3. The molecule has 2 aliphatic rings. The molecule has 1 atom stereocenters. The molecule has 116 valence electrons. The van der Waals surface area contributed by atoms with Crippen molar-refractivity contribution < 1.29 is 13.2 Å². The van der Waals surface area contributed by atoms with Crippen LogP contribution in [0.4, 0.5) is 5.95 Å². The predicted molar refractivity (Wildman–Crippen MR) is 78.7 cm³/mol. The van der Waals surface area contributed by atoms with E-state index in [0.29, 0.717) is 32.3 Å². The summed E-state index contributed by atoms with van der Waals surface area (Å²) in [6.07, 6.45) is 1.40. The third kappa shape index (κ3) is 2.02. The first-order valence-corrected chi connectivity index (χ1v) is 8.60. The predicted octanol–water partition coefficient (Wildman–Crippen LogP) is 1.15. The summed E-state index contributed by atoms with van der Waals surface area (Å²) in [5, 5.41) is 4.10. The lowest BCUT2D eigenvalue weighted by Crippen LogP contribution is -2.41. The molecule has 7 nitrogen and oxygen atoms in total. The van der Waals surface area contributed by atoms with Gasteiger partial charge >= 0.3 is 0 Å². The number of sulfonamides is 1. The maximum atomic E-state index is 13.0. The van der Waals surface area contributed by atoms with Crippen LogP contribution in [0.2, 0.25) is 0 Å². The van der Waals surface area contributed by atoms with Gasteiger partial charge in [0.15, 0.2) is 0 Å². The normalized spacial score (nSPS) is 20.8. The number of fused-ring (bicyclic) bond motifs is 2. The van der Waals surface area contributed by atoms with Crippen LogP contribution in [0, 0.1) is 5.92 Å². The molecule has 4 rings (SSSR count). The molecule has 0 bridgehead atoms. The van der Waals surface area contributed by atoms with Crippen LogP contribution in [-0.4, -0.2) is 29.7 Å². The summed E-state index contributed by atoms with van der Waals surface area (Å²) in [5.74, 6) is 0.566. The van der Waals surface area contributed by atoms with Gasteiger partial charge in [0.05, 0.1) is 18.1 Å². The highest BCUT2D eigenvalue weighted by atomic mass is 32.2. The summed E-state index contributed by atoms with van der Waals surface area (Å²) in [5.41, 5.74) is 1.99. The minimum Gasteiger partial charge on any atom is -0.372 e. The van der Waals surface area contributed by atoms with Gasteiger partial charge in [0.2, 0.25) is 5.95 Å². The van der Waals surface area contributed by atoms with Crippen LogP contribution in [0.25, 0.3) is 0 Å². The molecule has 0 saturated carbocycles. The molecule has 0 fully saturated rings. The lowest BCUT2D eigenvalue weighted by molar-refractivity contribution is 0.134. The number of ether oxygens (including phenoxy) is 1. The van der Waals surface area contributed by atoms with Gasteiger partial charge in [0.25, 0.3) is 10.0 Å². The lowest BCUT2D eigenvalue weighted by atomic mass is 10.1. The second kappa shape index (κ2) is 4.79. The van der Waals surface area contributed by atoms with Crippen LogP contribution >= 0.6 is 0 Å². The molecule has 0 aliphatic carbocycles. The second-order valence-corrected chi connectivity index (χ2v) is 7.67. The molecule has 1 aromatic heterocycles. The zero-order valence-electron chi connectivity index (χ0n) is 12.1. The van der Waals surface area contributed by atoms with E-state index in [4.69, 9.17) is 4.74 Å². The number of hydrogen-bond donors (Lipinski definition) is 0. The van der Waals surface area contributed by atoms with Crippen LogP contribution in [-0.2, 0) is 34.5 Å². The number of hydrogen-bond acceptors (Lipinski definition) is 5.